The second-order valence-corrected chi connectivity index (χ2v) is 5.07. The zero-order valence-corrected chi connectivity index (χ0v) is 11.8. The van der Waals surface area contributed by atoms with Gasteiger partial charge in [-0.3, -0.25) is 0 Å². The Labute approximate surface area is 123 Å². The average molecular weight is 279 g/mol. The van der Waals surface area contributed by atoms with Crippen molar-refractivity contribution in [3.63, 3.8) is 0 Å². The first-order chi connectivity index (χ1) is 10.2. The maximum absolute atomic E-state index is 9.94. The normalized spacial score (nSPS) is 11.5. The fourth-order valence-electron chi connectivity index (χ4n) is 2.47. The molecule has 0 aliphatic rings. The summed E-state index contributed by atoms with van der Waals surface area (Å²) in [6, 6.07) is 15.5. The molecule has 1 aromatic heterocycles. The number of aliphatic hydroxyl groups excluding tert-OH is 1. The van der Waals surface area contributed by atoms with Gasteiger partial charge in [0, 0.05) is 29.2 Å². The molecule has 0 bridgehead atoms. The quantitative estimate of drug-likeness (QED) is 0.770. The first-order valence-corrected chi connectivity index (χ1v) is 6.84. The smallest absolute Gasteiger partial charge is 0.123 e. The van der Waals surface area contributed by atoms with E-state index in [9.17, 15) is 5.11 Å². The summed E-state index contributed by atoms with van der Waals surface area (Å²) in [5.74, 6) is 0.177. The topological polar surface area (TPSA) is 45.4 Å². The Balaban J connectivity index is 1.96. The van der Waals surface area contributed by atoms with Gasteiger partial charge in [-0.15, -0.1) is 0 Å². The number of aliphatic hydroxyl groups is 1. The largest absolute Gasteiger partial charge is 0.507 e. The van der Waals surface area contributed by atoms with Gasteiger partial charge in [-0.25, -0.2) is 0 Å². The molecule has 2 N–H and O–H groups in total. The minimum absolute atomic E-state index is 0.0687. The fraction of sp³-hybridized carbons (Fsp3) is 0.111. The van der Waals surface area contributed by atoms with Crippen LogP contribution in [0.4, 0.5) is 0 Å². The number of phenolic OH excluding ortho intramolecular Hbond substituents is 1. The van der Waals surface area contributed by atoms with Crippen LogP contribution in [0.25, 0.3) is 23.1 Å². The highest BCUT2D eigenvalue weighted by Gasteiger charge is 2.03. The minimum atomic E-state index is -0.0687. The maximum atomic E-state index is 9.94. The predicted molar refractivity (Wildman–Crippen MR) is 85.9 cm³/mol. The molecule has 2 aromatic carbocycles. The number of rotatable bonds is 3. The summed E-state index contributed by atoms with van der Waals surface area (Å²) in [7, 11) is 2.02. The highest BCUT2D eigenvalue weighted by molar-refractivity contribution is 5.85. The van der Waals surface area contributed by atoms with Crippen molar-refractivity contribution in [1.82, 2.24) is 4.57 Å². The molecule has 3 aromatic rings. The molecule has 0 atom stereocenters. The SMILES string of the molecule is Cn1c(C=Cc2ccc(CO)cc2O)cc2ccccc21. The van der Waals surface area contributed by atoms with E-state index in [1.807, 2.05) is 31.3 Å². The van der Waals surface area contributed by atoms with Gasteiger partial charge in [0.05, 0.1) is 6.61 Å². The van der Waals surface area contributed by atoms with Gasteiger partial charge >= 0.3 is 0 Å². The van der Waals surface area contributed by atoms with Gasteiger partial charge in [0.1, 0.15) is 5.75 Å². The van der Waals surface area contributed by atoms with E-state index in [-0.39, 0.29) is 12.4 Å². The Morgan fingerprint density at radius 1 is 1.05 bits per heavy atom. The van der Waals surface area contributed by atoms with Crippen molar-refractivity contribution in [2.75, 3.05) is 0 Å². The Hall–Kier alpha value is -2.52. The van der Waals surface area contributed by atoms with Crippen LogP contribution in [0.5, 0.6) is 5.75 Å². The molecule has 0 aliphatic carbocycles. The van der Waals surface area contributed by atoms with Crippen molar-refractivity contribution in [2.24, 2.45) is 7.05 Å². The maximum Gasteiger partial charge on any atom is 0.123 e. The molecule has 21 heavy (non-hydrogen) atoms. The highest BCUT2D eigenvalue weighted by atomic mass is 16.3. The van der Waals surface area contributed by atoms with Crippen LogP contribution in [0, 0.1) is 0 Å². The molecule has 3 nitrogen and oxygen atoms in total. The lowest BCUT2D eigenvalue weighted by Crippen LogP contribution is -1.89. The third-order valence-corrected chi connectivity index (χ3v) is 3.70. The van der Waals surface area contributed by atoms with E-state index in [1.54, 1.807) is 18.2 Å². The number of benzene rings is 2. The van der Waals surface area contributed by atoms with Crippen molar-refractivity contribution in [1.29, 1.82) is 0 Å². The van der Waals surface area contributed by atoms with E-state index < -0.39 is 0 Å². The van der Waals surface area contributed by atoms with Crippen molar-refractivity contribution < 1.29 is 10.2 Å². The molecule has 1 heterocycles. The number of aromatic nitrogens is 1. The van der Waals surface area contributed by atoms with Crippen molar-refractivity contribution in [2.45, 2.75) is 6.61 Å². The van der Waals surface area contributed by atoms with E-state index in [4.69, 9.17) is 5.11 Å². The zero-order valence-electron chi connectivity index (χ0n) is 11.8. The Kier molecular flexibility index (Phi) is 3.50. The van der Waals surface area contributed by atoms with Crippen LogP contribution in [0.3, 0.4) is 0 Å². The van der Waals surface area contributed by atoms with Crippen LogP contribution < -0.4 is 0 Å². The molecular formula is C18H17NO2. The number of fused-ring (bicyclic) bond motifs is 1. The Morgan fingerprint density at radius 3 is 2.57 bits per heavy atom. The van der Waals surface area contributed by atoms with Gasteiger partial charge in [-0.1, -0.05) is 30.3 Å². The summed E-state index contributed by atoms with van der Waals surface area (Å²) in [6.45, 7) is -0.0687. The van der Waals surface area contributed by atoms with E-state index in [0.717, 1.165) is 11.3 Å². The molecule has 0 spiro atoms. The molecule has 0 unspecified atom stereocenters. The second kappa shape index (κ2) is 5.46. The number of hydrogen-bond donors (Lipinski definition) is 2. The molecule has 0 amide bonds. The predicted octanol–water partition coefficient (Wildman–Crippen LogP) is 3.55. The molecule has 0 aliphatic heterocycles. The van der Waals surface area contributed by atoms with Crippen LogP contribution >= 0.6 is 0 Å². The Bertz CT molecular complexity index is 815. The zero-order chi connectivity index (χ0) is 14.8. The van der Waals surface area contributed by atoms with E-state index in [2.05, 4.69) is 22.8 Å². The molecular weight excluding hydrogens is 262 g/mol. The average Bonchev–Trinajstić information content (AvgIpc) is 2.83. The molecule has 106 valence electrons. The summed E-state index contributed by atoms with van der Waals surface area (Å²) in [5, 5.41) is 20.2. The number of nitrogens with zero attached hydrogens (tertiary/aromatic N) is 1. The summed E-state index contributed by atoms with van der Waals surface area (Å²) in [6.07, 6.45) is 3.86. The van der Waals surface area contributed by atoms with Crippen molar-refractivity contribution in [3.05, 3.63) is 65.4 Å². The summed E-state index contributed by atoms with van der Waals surface area (Å²) >= 11 is 0. The third kappa shape index (κ3) is 2.56. The molecule has 3 rings (SSSR count). The van der Waals surface area contributed by atoms with E-state index >= 15 is 0 Å². The number of hydrogen-bond acceptors (Lipinski definition) is 2. The fourth-order valence-corrected chi connectivity index (χ4v) is 2.47. The third-order valence-electron chi connectivity index (χ3n) is 3.70. The Morgan fingerprint density at radius 2 is 1.86 bits per heavy atom. The molecule has 0 radical (unpaired) electrons. The van der Waals surface area contributed by atoms with Crippen LogP contribution in [0.2, 0.25) is 0 Å². The van der Waals surface area contributed by atoms with Crippen LogP contribution in [0.15, 0.2) is 48.5 Å². The summed E-state index contributed by atoms with van der Waals surface area (Å²) in [5.41, 5.74) is 3.69. The summed E-state index contributed by atoms with van der Waals surface area (Å²) in [4.78, 5) is 0. The van der Waals surface area contributed by atoms with Gasteiger partial charge < -0.3 is 14.8 Å². The standard InChI is InChI=1S/C18H17NO2/c1-19-16(11-15-4-2-3-5-17(15)19)9-8-14-7-6-13(12-20)10-18(14)21/h2-11,20-21H,12H2,1H3. The minimum Gasteiger partial charge on any atom is -0.507 e. The van der Waals surface area contributed by atoms with Crippen LogP contribution in [-0.2, 0) is 13.7 Å². The lowest BCUT2D eigenvalue weighted by molar-refractivity contribution is 0.281. The molecule has 0 saturated carbocycles. The molecule has 0 fully saturated rings. The van der Waals surface area contributed by atoms with Gasteiger partial charge in [-0.2, -0.15) is 0 Å². The number of phenols is 1. The second-order valence-electron chi connectivity index (χ2n) is 5.07. The van der Waals surface area contributed by atoms with Gasteiger partial charge in [-0.05, 0) is 35.9 Å². The summed E-state index contributed by atoms with van der Waals surface area (Å²) < 4.78 is 2.12. The van der Waals surface area contributed by atoms with Crippen LogP contribution in [0.1, 0.15) is 16.8 Å². The monoisotopic (exact) mass is 279 g/mol. The van der Waals surface area contributed by atoms with Crippen LogP contribution in [-0.4, -0.2) is 14.8 Å². The van der Waals surface area contributed by atoms with Crippen molar-refractivity contribution >= 4 is 23.1 Å². The van der Waals surface area contributed by atoms with Gasteiger partial charge in [0.2, 0.25) is 0 Å². The van der Waals surface area contributed by atoms with Gasteiger partial charge in [0.15, 0.2) is 0 Å². The lowest BCUT2D eigenvalue weighted by atomic mass is 10.1. The first-order valence-electron chi connectivity index (χ1n) is 6.84. The lowest BCUT2D eigenvalue weighted by Gasteiger charge is -2.02. The number of para-hydroxylation sites is 1. The van der Waals surface area contributed by atoms with Gasteiger partial charge in [0.25, 0.3) is 0 Å². The van der Waals surface area contributed by atoms with Crippen molar-refractivity contribution in [3.8, 4) is 5.75 Å². The first kappa shape index (κ1) is 13.5. The highest BCUT2D eigenvalue weighted by Crippen LogP contribution is 2.23. The molecule has 3 heteroatoms. The molecule has 0 saturated heterocycles. The number of aryl methyl sites for hydroxylation is 1. The van der Waals surface area contributed by atoms with E-state index in [0.29, 0.717) is 5.56 Å². The van der Waals surface area contributed by atoms with E-state index in [1.165, 1.54) is 10.9 Å². The number of aromatic hydroxyl groups is 1.